The predicted octanol–water partition coefficient (Wildman–Crippen LogP) is 1.83. The summed E-state index contributed by atoms with van der Waals surface area (Å²) >= 11 is 0. The minimum atomic E-state index is -4.13. The molecule has 0 saturated heterocycles. The fourth-order valence-electron chi connectivity index (χ4n) is 2.12. The van der Waals surface area contributed by atoms with Crippen LogP contribution in [0.4, 0.5) is 5.69 Å². The van der Waals surface area contributed by atoms with Crippen molar-refractivity contribution < 1.29 is 28.2 Å². The Kier molecular flexibility index (Phi) is 4.15. The molecule has 1 aromatic heterocycles. The molecule has 0 unspecified atom stereocenters. The monoisotopic (exact) mass is 338 g/mol. The molecular formula is C14H14N2O6S. The number of carboxylic acids is 2. The number of rotatable bonds is 5. The quantitative estimate of drug-likeness (QED) is 0.656. The average Bonchev–Trinajstić information content (AvgIpc) is 2.92. The second-order valence-electron chi connectivity index (χ2n) is 4.97. The number of anilines is 1. The highest BCUT2D eigenvalue weighted by Gasteiger charge is 2.22. The number of aromatic nitrogens is 1. The molecule has 0 bridgehead atoms. The molecule has 2 aromatic rings. The maximum atomic E-state index is 12.3. The van der Waals surface area contributed by atoms with Crippen molar-refractivity contribution in [1.29, 1.82) is 0 Å². The molecule has 4 N–H and O–H groups in total. The first-order valence-electron chi connectivity index (χ1n) is 6.41. The van der Waals surface area contributed by atoms with Gasteiger partial charge in [0.2, 0.25) is 0 Å². The van der Waals surface area contributed by atoms with E-state index in [4.69, 9.17) is 5.11 Å². The number of benzene rings is 1. The molecule has 2 rings (SSSR count). The lowest BCUT2D eigenvalue weighted by Crippen LogP contribution is -2.16. The SMILES string of the molecule is Cc1cc(C)c(NS(=O)(=O)c2c[nH]c(C(=O)O)c2)c(C(=O)O)c1. The van der Waals surface area contributed by atoms with Crippen LogP contribution in [0.5, 0.6) is 0 Å². The van der Waals surface area contributed by atoms with Gasteiger partial charge in [-0.25, -0.2) is 18.0 Å². The molecule has 0 aliphatic heterocycles. The fourth-order valence-corrected chi connectivity index (χ4v) is 3.26. The maximum absolute atomic E-state index is 12.3. The van der Waals surface area contributed by atoms with Gasteiger partial charge < -0.3 is 15.2 Å². The van der Waals surface area contributed by atoms with E-state index in [0.717, 1.165) is 12.3 Å². The van der Waals surface area contributed by atoms with Gasteiger partial charge >= 0.3 is 11.9 Å². The van der Waals surface area contributed by atoms with Gasteiger partial charge in [0.25, 0.3) is 10.0 Å². The van der Waals surface area contributed by atoms with Gasteiger partial charge in [-0.05, 0) is 37.1 Å². The summed E-state index contributed by atoms with van der Waals surface area (Å²) in [6, 6.07) is 3.95. The Labute approximate surface area is 131 Å². The van der Waals surface area contributed by atoms with E-state index in [1.165, 1.54) is 6.07 Å². The largest absolute Gasteiger partial charge is 0.478 e. The molecular weight excluding hydrogens is 324 g/mol. The summed E-state index contributed by atoms with van der Waals surface area (Å²) in [4.78, 5) is 24.2. The fraction of sp³-hybridized carbons (Fsp3) is 0.143. The Bertz CT molecular complexity index is 898. The first-order valence-corrected chi connectivity index (χ1v) is 7.89. The molecule has 0 amide bonds. The van der Waals surface area contributed by atoms with E-state index < -0.39 is 22.0 Å². The number of aromatic amines is 1. The van der Waals surface area contributed by atoms with Crippen molar-refractivity contribution >= 4 is 27.6 Å². The zero-order chi connectivity index (χ0) is 17.4. The third kappa shape index (κ3) is 3.34. The van der Waals surface area contributed by atoms with Crippen molar-refractivity contribution in [2.75, 3.05) is 4.72 Å². The zero-order valence-corrected chi connectivity index (χ0v) is 13.1. The van der Waals surface area contributed by atoms with E-state index in [1.54, 1.807) is 19.9 Å². The topological polar surface area (TPSA) is 137 Å². The number of hydrogen-bond donors (Lipinski definition) is 4. The van der Waals surface area contributed by atoms with Crippen LogP contribution in [0.3, 0.4) is 0 Å². The van der Waals surface area contributed by atoms with Crippen molar-refractivity contribution in [2.45, 2.75) is 18.7 Å². The molecule has 0 saturated carbocycles. The lowest BCUT2D eigenvalue weighted by atomic mass is 10.0. The molecule has 1 aromatic carbocycles. The molecule has 0 aliphatic rings. The maximum Gasteiger partial charge on any atom is 0.352 e. The second-order valence-corrected chi connectivity index (χ2v) is 6.65. The first-order chi connectivity index (χ1) is 10.6. The number of carboxylic acid groups (broad SMARTS) is 2. The number of nitrogens with one attached hydrogen (secondary N) is 2. The van der Waals surface area contributed by atoms with Crippen LogP contribution in [0.1, 0.15) is 32.0 Å². The number of hydrogen-bond acceptors (Lipinski definition) is 4. The Balaban J connectivity index is 2.48. The molecule has 9 heteroatoms. The molecule has 122 valence electrons. The number of aryl methyl sites for hydroxylation is 2. The molecule has 0 radical (unpaired) electrons. The average molecular weight is 338 g/mol. The van der Waals surface area contributed by atoms with Gasteiger partial charge in [-0.3, -0.25) is 4.72 Å². The Morgan fingerprint density at radius 1 is 1.09 bits per heavy atom. The minimum absolute atomic E-state index is 0.0545. The van der Waals surface area contributed by atoms with E-state index in [1.807, 2.05) is 0 Å². The van der Waals surface area contributed by atoms with Gasteiger partial charge in [0.1, 0.15) is 10.6 Å². The van der Waals surface area contributed by atoms with Crippen LogP contribution in [-0.2, 0) is 10.0 Å². The normalized spacial score (nSPS) is 11.2. The highest BCUT2D eigenvalue weighted by atomic mass is 32.2. The highest BCUT2D eigenvalue weighted by Crippen LogP contribution is 2.26. The van der Waals surface area contributed by atoms with Crippen molar-refractivity contribution in [3.63, 3.8) is 0 Å². The van der Waals surface area contributed by atoms with Gasteiger partial charge in [-0.1, -0.05) is 6.07 Å². The third-order valence-corrected chi connectivity index (χ3v) is 4.47. The van der Waals surface area contributed by atoms with Gasteiger partial charge in [-0.2, -0.15) is 0 Å². The molecule has 0 aliphatic carbocycles. The molecule has 0 fully saturated rings. The van der Waals surface area contributed by atoms with Gasteiger partial charge in [0, 0.05) is 6.20 Å². The Morgan fingerprint density at radius 2 is 1.74 bits per heavy atom. The predicted molar refractivity (Wildman–Crippen MR) is 81.4 cm³/mol. The van der Waals surface area contributed by atoms with E-state index in [-0.39, 0.29) is 21.8 Å². The van der Waals surface area contributed by atoms with E-state index >= 15 is 0 Å². The lowest BCUT2D eigenvalue weighted by Gasteiger charge is -2.13. The number of carbonyl (C=O) groups is 2. The summed E-state index contributed by atoms with van der Waals surface area (Å²) in [5.74, 6) is -2.57. The van der Waals surface area contributed by atoms with Crippen LogP contribution in [0.2, 0.25) is 0 Å². The van der Waals surface area contributed by atoms with Crippen LogP contribution >= 0.6 is 0 Å². The minimum Gasteiger partial charge on any atom is -0.478 e. The summed E-state index contributed by atoms with van der Waals surface area (Å²) in [6.07, 6.45) is 1.02. The number of aromatic carboxylic acids is 2. The molecule has 1 heterocycles. The smallest absolute Gasteiger partial charge is 0.352 e. The summed E-state index contributed by atoms with van der Waals surface area (Å²) in [7, 11) is -4.13. The van der Waals surface area contributed by atoms with Crippen molar-refractivity contribution in [2.24, 2.45) is 0 Å². The van der Waals surface area contributed by atoms with E-state index in [2.05, 4.69) is 9.71 Å². The molecule has 23 heavy (non-hydrogen) atoms. The standard InChI is InChI=1S/C14H14N2O6S/c1-7-3-8(2)12(10(4-7)13(17)18)16-23(21,22)9-5-11(14(19)20)15-6-9/h3-6,15-16H,1-2H3,(H,17,18)(H,19,20). The summed E-state index contributed by atoms with van der Waals surface area (Å²) < 4.78 is 26.9. The van der Waals surface area contributed by atoms with E-state index in [9.17, 15) is 23.1 Å². The van der Waals surface area contributed by atoms with Gasteiger partial charge in [0.05, 0.1) is 11.3 Å². The van der Waals surface area contributed by atoms with E-state index in [0.29, 0.717) is 11.1 Å². The van der Waals surface area contributed by atoms with Crippen molar-refractivity contribution in [3.05, 3.63) is 46.8 Å². The lowest BCUT2D eigenvalue weighted by molar-refractivity contribution is 0.0683. The van der Waals surface area contributed by atoms with Gasteiger partial charge in [-0.15, -0.1) is 0 Å². The zero-order valence-electron chi connectivity index (χ0n) is 12.2. The molecule has 0 atom stereocenters. The summed E-state index contributed by atoms with van der Waals surface area (Å²) in [5, 5.41) is 18.1. The van der Waals surface area contributed by atoms with Crippen molar-refractivity contribution in [1.82, 2.24) is 4.98 Å². The highest BCUT2D eigenvalue weighted by molar-refractivity contribution is 7.92. The molecule has 8 nitrogen and oxygen atoms in total. The first kappa shape index (κ1) is 16.6. The van der Waals surface area contributed by atoms with Crippen LogP contribution in [0, 0.1) is 13.8 Å². The van der Waals surface area contributed by atoms with Crippen LogP contribution < -0.4 is 4.72 Å². The number of sulfonamides is 1. The second kappa shape index (κ2) is 5.76. The van der Waals surface area contributed by atoms with Crippen LogP contribution in [0.25, 0.3) is 0 Å². The third-order valence-electron chi connectivity index (χ3n) is 3.14. The summed E-state index contributed by atoms with van der Waals surface area (Å²) in [5.41, 5.74) is 0.600. The van der Waals surface area contributed by atoms with Crippen LogP contribution in [0.15, 0.2) is 29.3 Å². The number of H-pyrrole nitrogens is 1. The Hall–Kier alpha value is -2.81. The Morgan fingerprint density at radius 3 is 2.26 bits per heavy atom. The molecule has 0 spiro atoms. The summed E-state index contributed by atoms with van der Waals surface area (Å²) in [6.45, 7) is 3.28. The van der Waals surface area contributed by atoms with Gasteiger partial charge in [0.15, 0.2) is 0 Å². The van der Waals surface area contributed by atoms with Crippen molar-refractivity contribution in [3.8, 4) is 0 Å². The van der Waals surface area contributed by atoms with Crippen LogP contribution in [-0.4, -0.2) is 35.6 Å².